The molecule has 1 aromatic rings. The number of rotatable bonds is 1. The second-order valence-corrected chi connectivity index (χ2v) is 4.39. The van der Waals surface area contributed by atoms with E-state index in [-0.39, 0.29) is 0 Å². The number of H-pyrrole nitrogens is 1. The van der Waals surface area contributed by atoms with Crippen molar-refractivity contribution in [3.8, 4) is 0 Å². The highest BCUT2D eigenvalue weighted by Gasteiger charge is 2.32. The van der Waals surface area contributed by atoms with Crippen molar-refractivity contribution >= 4 is 5.82 Å². The van der Waals surface area contributed by atoms with Crippen LogP contribution in [0, 0.1) is 0 Å². The molecule has 1 aliphatic rings. The third kappa shape index (κ3) is 2.88. The lowest BCUT2D eigenvalue weighted by Gasteiger charge is -2.23. The van der Waals surface area contributed by atoms with Gasteiger partial charge in [-0.25, -0.2) is 4.98 Å². The van der Waals surface area contributed by atoms with E-state index in [1.54, 1.807) is 0 Å². The first-order chi connectivity index (χ1) is 7.97. The summed E-state index contributed by atoms with van der Waals surface area (Å²) in [6.45, 7) is 1.69. The molecule has 1 saturated heterocycles. The molecule has 0 radical (unpaired) electrons. The number of alkyl halides is 3. The number of quaternary nitrogens is 1. The lowest BCUT2D eigenvalue weighted by Crippen LogP contribution is -2.64. The Balaban J connectivity index is 2.08. The van der Waals surface area contributed by atoms with Crippen LogP contribution in [0.4, 0.5) is 19.0 Å². The fourth-order valence-corrected chi connectivity index (χ4v) is 1.96. The van der Waals surface area contributed by atoms with Crippen LogP contribution in [0.15, 0.2) is 18.3 Å². The number of hydrogen-bond acceptors (Lipinski definition) is 1. The fourth-order valence-electron chi connectivity index (χ4n) is 1.96. The summed E-state index contributed by atoms with van der Waals surface area (Å²) in [7, 11) is 0. The molecule has 17 heavy (non-hydrogen) atoms. The van der Waals surface area contributed by atoms with Gasteiger partial charge in [0.25, 0.3) is 5.82 Å². The van der Waals surface area contributed by atoms with Crippen molar-refractivity contribution in [2.45, 2.75) is 25.1 Å². The smallest absolute Gasteiger partial charge is 0.355 e. The lowest BCUT2D eigenvalue weighted by molar-refractivity contribution is -0.423. The van der Waals surface area contributed by atoms with Gasteiger partial charge in [0, 0.05) is 18.9 Å². The topological polar surface area (TPSA) is 45.0 Å². The molecule has 1 aliphatic heterocycles. The SMILES string of the molecule is [NH3+]C1CCN(c2ccc(C(F)(F)F)c[nH+]2)CC1. The molecule has 3 nitrogen and oxygen atoms in total. The van der Waals surface area contributed by atoms with Crippen LogP contribution in [0.3, 0.4) is 0 Å². The molecule has 0 spiro atoms. The van der Waals surface area contributed by atoms with Crippen molar-refractivity contribution in [1.82, 2.24) is 0 Å². The van der Waals surface area contributed by atoms with Crippen molar-refractivity contribution < 1.29 is 23.9 Å². The maximum Gasteiger partial charge on any atom is 0.419 e. The molecule has 0 bridgehead atoms. The summed E-state index contributed by atoms with van der Waals surface area (Å²) in [6.07, 6.45) is -1.30. The number of nitrogens with one attached hydrogen (secondary N) is 1. The van der Waals surface area contributed by atoms with E-state index in [1.165, 1.54) is 6.07 Å². The van der Waals surface area contributed by atoms with Gasteiger partial charge in [0.05, 0.1) is 24.7 Å². The number of piperidine rings is 1. The molecule has 2 rings (SSSR count). The zero-order chi connectivity index (χ0) is 12.5. The number of pyridine rings is 1. The van der Waals surface area contributed by atoms with E-state index < -0.39 is 11.7 Å². The van der Waals surface area contributed by atoms with Gasteiger partial charge in [0.15, 0.2) is 0 Å². The summed E-state index contributed by atoms with van der Waals surface area (Å²) >= 11 is 0. The Morgan fingerprint density at radius 2 is 1.88 bits per heavy atom. The summed E-state index contributed by atoms with van der Waals surface area (Å²) in [5, 5.41) is 0. The van der Waals surface area contributed by atoms with Crippen LogP contribution in [-0.4, -0.2) is 19.1 Å². The van der Waals surface area contributed by atoms with E-state index in [0.717, 1.165) is 44.0 Å². The number of anilines is 1. The van der Waals surface area contributed by atoms with Gasteiger partial charge in [0.1, 0.15) is 6.20 Å². The highest BCUT2D eigenvalue weighted by Crippen LogP contribution is 2.28. The standard InChI is InChI=1S/C11H14F3N3/c12-11(13,14)8-1-2-10(16-7-8)17-5-3-9(15)4-6-17/h1-2,7,9H,3-6,15H2/p+2. The predicted molar refractivity (Wildman–Crippen MR) is 56.1 cm³/mol. The Hall–Kier alpha value is -1.30. The zero-order valence-electron chi connectivity index (χ0n) is 9.43. The number of nitrogens with zero attached hydrogens (tertiary/aromatic N) is 1. The van der Waals surface area contributed by atoms with Crippen molar-refractivity contribution in [2.24, 2.45) is 0 Å². The molecule has 0 unspecified atom stereocenters. The van der Waals surface area contributed by atoms with E-state index >= 15 is 0 Å². The minimum absolute atomic E-state index is 0.459. The summed E-state index contributed by atoms with van der Waals surface area (Å²) in [5.74, 6) is 0.741. The number of aromatic nitrogens is 1. The quantitative estimate of drug-likeness (QED) is 0.781. The molecule has 1 aromatic heterocycles. The normalized spacial score (nSPS) is 18.5. The third-order valence-electron chi connectivity index (χ3n) is 3.08. The third-order valence-corrected chi connectivity index (χ3v) is 3.08. The Kier molecular flexibility index (Phi) is 3.24. The van der Waals surface area contributed by atoms with Gasteiger partial charge in [-0.1, -0.05) is 0 Å². The van der Waals surface area contributed by atoms with Crippen LogP contribution in [-0.2, 0) is 6.18 Å². The Morgan fingerprint density at radius 3 is 2.35 bits per heavy atom. The van der Waals surface area contributed by atoms with Gasteiger partial charge < -0.3 is 5.73 Å². The van der Waals surface area contributed by atoms with E-state index in [1.807, 2.05) is 0 Å². The first kappa shape index (κ1) is 12.2. The summed E-state index contributed by atoms with van der Waals surface area (Å²) in [5.41, 5.74) is 3.34. The molecule has 0 saturated carbocycles. The fraction of sp³-hybridized carbons (Fsp3) is 0.545. The predicted octanol–water partition coefficient (Wildman–Crippen LogP) is 0.730. The second-order valence-electron chi connectivity index (χ2n) is 4.39. The highest BCUT2D eigenvalue weighted by atomic mass is 19.4. The number of aromatic amines is 1. The molecule has 0 amide bonds. The van der Waals surface area contributed by atoms with Gasteiger partial charge in [-0.3, -0.25) is 4.90 Å². The first-order valence-electron chi connectivity index (χ1n) is 5.64. The second kappa shape index (κ2) is 4.52. The molecule has 0 aromatic carbocycles. The molecule has 6 heteroatoms. The molecule has 1 fully saturated rings. The monoisotopic (exact) mass is 247 g/mol. The molecular formula is C11H16F3N3+2. The molecule has 0 atom stereocenters. The maximum absolute atomic E-state index is 12.4. The Labute approximate surface area is 97.4 Å². The summed E-state index contributed by atoms with van der Waals surface area (Å²) in [6, 6.07) is 3.06. The van der Waals surface area contributed by atoms with Crippen LogP contribution < -0.4 is 15.6 Å². The van der Waals surface area contributed by atoms with Gasteiger partial charge in [0.2, 0.25) is 0 Å². The number of hydrogen-bond donors (Lipinski definition) is 1. The molecule has 0 aliphatic carbocycles. The van der Waals surface area contributed by atoms with Crippen LogP contribution in [0.5, 0.6) is 0 Å². The van der Waals surface area contributed by atoms with Gasteiger partial charge in [-0.2, -0.15) is 13.2 Å². The minimum Gasteiger partial charge on any atom is -0.355 e. The Morgan fingerprint density at radius 1 is 1.24 bits per heavy atom. The summed E-state index contributed by atoms with van der Waals surface area (Å²) < 4.78 is 37.1. The van der Waals surface area contributed by atoms with E-state index in [4.69, 9.17) is 0 Å². The van der Waals surface area contributed by atoms with Crippen molar-refractivity contribution in [1.29, 1.82) is 0 Å². The van der Waals surface area contributed by atoms with E-state index in [0.29, 0.717) is 6.04 Å². The molecular weight excluding hydrogens is 231 g/mol. The first-order valence-corrected chi connectivity index (χ1v) is 5.64. The van der Waals surface area contributed by atoms with Crippen LogP contribution in [0.1, 0.15) is 18.4 Å². The minimum atomic E-state index is -4.28. The average molecular weight is 247 g/mol. The maximum atomic E-state index is 12.4. The van der Waals surface area contributed by atoms with Crippen LogP contribution >= 0.6 is 0 Å². The van der Waals surface area contributed by atoms with E-state index in [2.05, 4.69) is 15.6 Å². The highest BCUT2D eigenvalue weighted by molar-refractivity contribution is 5.34. The van der Waals surface area contributed by atoms with E-state index in [9.17, 15) is 13.2 Å². The molecule has 4 N–H and O–H groups in total. The number of halogens is 3. The Bertz CT molecular complexity index is 367. The zero-order valence-corrected chi connectivity index (χ0v) is 9.43. The van der Waals surface area contributed by atoms with Crippen molar-refractivity contribution in [2.75, 3.05) is 18.0 Å². The van der Waals surface area contributed by atoms with Crippen LogP contribution in [0.25, 0.3) is 0 Å². The molecule has 2 heterocycles. The molecule has 94 valence electrons. The van der Waals surface area contributed by atoms with Crippen molar-refractivity contribution in [3.05, 3.63) is 23.9 Å². The average Bonchev–Trinajstić information content (AvgIpc) is 2.29. The largest absolute Gasteiger partial charge is 0.419 e. The van der Waals surface area contributed by atoms with Gasteiger partial charge >= 0.3 is 6.18 Å². The van der Waals surface area contributed by atoms with Gasteiger partial charge in [-0.15, -0.1) is 0 Å². The van der Waals surface area contributed by atoms with Gasteiger partial charge in [-0.05, 0) is 6.07 Å². The van der Waals surface area contributed by atoms with Crippen LogP contribution in [0.2, 0.25) is 0 Å². The van der Waals surface area contributed by atoms with Crippen molar-refractivity contribution in [3.63, 3.8) is 0 Å². The summed E-state index contributed by atoms with van der Waals surface area (Å²) in [4.78, 5) is 4.77. The lowest BCUT2D eigenvalue weighted by atomic mass is 10.1.